The van der Waals surface area contributed by atoms with Crippen LogP contribution in [0.1, 0.15) is 0 Å². The molecule has 0 saturated carbocycles. The largest absolute Gasteiger partial charge is 0.480 e. The van der Waals surface area contributed by atoms with Gasteiger partial charge in [0.15, 0.2) is 15.8 Å². The van der Waals surface area contributed by atoms with Gasteiger partial charge in [0.05, 0.1) is 0 Å². The minimum atomic E-state index is -0.895. The lowest BCUT2D eigenvalue weighted by atomic mass is 10.4. The zero-order chi connectivity index (χ0) is 12.4. The third-order valence-corrected chi connectivity index (χ3v) is 4.09. The molecule has 0 amide bonds. The number of thioether (sulfide) groups is 1. The van der Waals surface area contributed by atoms with Crippen molar-refractivity contribution in [2.24, 2.45) is 0 Å². The number of rotatable bonds is 4. The molecule has 0 fully saturated rings. The van der Waals surface area contributed by atoms with Gasteiger partial charge in [-0.05, 0) is 6.26 Å². The second-order valence-electron chi connectivity index (χ2n) is 3.28. The molecule has 0 saturated heterocycles. The molecule has 2 heterocycles. The number of hydrogen-bond acceptors (Lipinski definition) is 7. The molecule has 90 valence electrons. The summed E-state index contributed by atoms with van der Waals surface area (Å²) in [5.41, 5.74) is 0.613. The lowest BCUT2D eigenvalue weighted by Gasteiger charge is -2.14. The van der Waals surface area contributed by atoms with Crippen LogP contribution in [0.25, 0.3) is 10.3 Å². The Labute approximate surface area is 106 Å². The predicted octanol–water partition coefficient (Wildman–Crippen LogP) is 1.33. The summed E-state index contributed by atoms with van der Waals surface area (Å²) in [6, 6.07) is 0. The van der Waals surface area contributed by atoms with E-state index in [9.17, 15) is 4.79 Å². The van der Waals surface area contributed by atoms with Crippen LogP contribution in [-0.2, 0) is 4.79 Å². The van der Waals surface area contributed by atoms with E-state index in [1.807, 2.05) is 6.26 Å². The van der Waals surface area contributed by atoms with E-state index in [0.29, 0.717) is 11.5 Å². The molecule has 2 aromatic heterocycles. The number of carbonyl (C=O) groups is 1. The Balaban J connectivity index is 2.45. The van der Waals surface area contributed by atoms with Crippen LogP contribution in [0.3, 0.4) is 0 Å². The van der Waals surface area contributed by atoms with Gasteiger partial charge in [-0.25, -0.2) is 15.0 Å². The van der Waals surface area contributed by atoms with Gasteiger partial charge in [0.25, 0.3) is 0 Å². The zero-order valence-corrected chi connectivity index (χ0v) is 10.9. The molecule has 0 aliphatic heterocycles. The highest BCUT2D eigenvalue weighted by molar-refractivity contribution is 8.00. The van der Waals surface area contributed by atoms with Gasteiger partial charge in [-0.2, -0.15) is 0 Å². The van der Waals surface area contributed by atoms with E-state index in [0.717, 1.165) is 9.04 Å². The van der Waals surface area contributed by atoms with E-state index in [2.05, 4.69) is 15.0 Å². The molecule has 0 bridgehead atoms. The van der Waals surface area contributed by atoms with Gasteiger partial charge >= 0.3 is 5.97 Å². The summed E-state index contributed by atoms with van der Waals surface area (Å²) in [5, 5.41) is 8.77. The van der Waals surface area contributed by atoms with Crippen LogP contribution in [0.2, 0.25) is 0 Å². The number of carboxylic acids is 1. The molecule has 0 aromatic carbocycles. The Morgan fingerprint density at radius 3 is 3.00 bits per heavy atom. The van der Waals surface area contributed by atoms with Gasteiger partial charge in [-0.3, -0.25) is 4.79 Å². The third kappa shape index (κ3) is 2.47. The Kier molecular flexibility index (Phi) is 3.43. The molecule has 0 atom stereocenters. The van der Waals surface area contributed by atoms with Crippen LogP contribution >= 0.6 is 23.1 Å². The van der Waals surface area contributed by atoms with Crippen molar-refractivity contribution in [2.75, 3.05) is 24.7 Å². The summed E-state index contributed by atoms with van der Waals surface area (Å²) in [5.74, 6) is -0.288. The minimum absolute atomic E-state index is 0.0986. The van der Waals surface area contributed by atoms with Crippen LogP contribution in [0.4, 0.5) is 5.82 Å². The molecular formula is C9H10N4O2S2. The molecule has 0 radical (unpaired) electrons. The van der Waals surface area contributed by atoms with E-state index in [4.69, 9.17) is 5.11 Å². The van der Waals surface area contributed by atoms with Crippen LogP contribution in [-0.4, -0.2) is 45.9 Å². The molecule has 6 nitrogen and oxygen atoms in total. The van der Waals surface area contributed by atoms with Crippen molar-refractivity contribution in [3.8, 4) is 0 Å². The predicted molar refractivity (Wildman–Crippen MR) is 67.9 cm³/mol. The van der Waals surface area contributed by atoms with Crippen LogP contribution in [0.5, 0.6) is 0 Å². The summed E-state index contributed by atoms with van der Waals surface area (Å²) in [7, 11) is 1.69. The van der Waals surface area contributed by atoms with E-state index in [1.54, 1.807) is 11.9 Å². The number of aliphatic carboxylic acids is 1. The average Bonchev–Trinajstić information content (AvgIpc) is 2.70. The van der Waals surface area contributed by atoms with Crippen LogP contribution in [0, 0.1) is 0 Å². The van der Waals surface area contributed by atoms with Crippen molar-refractivity contribution in [2.45, 2.75) is 4.34 Å². The highest BCUT2D eigenvalue weighted by Gasteiger charge is 2.14. The Bertz CT molecular complexity index is 557. The summed E-state index contributed by atoms with van der Waals surface area (Å²) in [4.78, 5) is 24.8. The second-order valence-corrected chi connectivity index (χ2v) is 5.34. The standard InChI is InChI=1S/C9H10N4O2S2/c1-13(3-5(14)15)8-6-7(10-4-11-8)12-9(16-2)17-6/h4H,3H2,1-2H3,(H,14,15). The van der Waals surface area contributed by atoms with E-state index in [1.165, 1.54) is 29.4 Å². The minimum Gasteiger partial charge on any atom is -0.480 e. The normalized spacial score (nSPS) is 10.7. The fourth-order valence-electron chi connectivity index (χ4n) is 1.36. The summed E-state index contributed by atoms with van der Waals surface area (Å²) < 4.78 is 1.71. The number of fused-ring (bicyclic) bond motifs is 1. The highest BCUT2D eigenvalue weighted by atomic mass is 32.2. The van der Waals surface area contributed by atoms with Crippen molar-refractivity contribution in [1.82, 2.24) is 15.0 Å². The van der Waals surface area contributed by atoms with Gasteiger partial charge in [0.2, 0.25) is 0 Å². The first-order chi connectivity index (χ1) is 8.11. The molecule has 17 heavy (non-hydrogen) atoms. The molecule has 0 aliphatic carbocycles. The van der Waals surface area contributed by atoms with Gasteiger partial charge in [0, 0.05) is 7.05 Å². The molecule has 0 aliphatic rings. The second kappa shape index (κ2) is 4.84. The number of thiazole rings is 1. The molecule has 1 N–H and O–H groups in total. The number of nitrogens with zero attached hydrogens (tertiary/aromatic N) is 4. The Morgan fingerprint density at radius 1 is 1.59 bits per heavy atom. The Morgan fingerprint density at radius 2 is 2.35 bits per heavy atom. The quantitative estimate of drug-likeness (QED) is 0.839. The topological polar surface area (TPSA) is 79.2 Å². The van der Waals surface area contributed by atoms with Crippen LogP contribution < -0.4 is 4.90 Å². The zero-order valence-electron chi connectivity index (χ0n) is 9.25. The van der Waals surface area contributed by atoms with Gasteiger partial charge in [-0.15, -0.1) is 11.3 Å². The SMILES string of the molecule is CSc1nc2ncnc(N(C)CC(=O)O)c2s1. The van der Waals surface area contributed by atoms with Gasteiger partial charge < -0.3 is 10.0 Å². The first kappa shape index (κ1) is 12.1. The molecule has 0 spiro atoms. The molecule has 8 heteroatoms. The van der Waals surface area contributed by atoms with Gasteiger partial charge in [-0.1, -0.05) is 11.8 Å². The van der Waals surface area contributed by atoms with Crippen molar-refractivity contribution >= 4 is 45.2 Å². The summed E-state index contributed by atoms with van der Waals surface area (Å²) in [6.07, 6.45) is 3.34. The molecule has 2 aromatic rings. The average molecular weight is 270 g/mol. The summed E-state index contributed by atoms with van der Waals surface area (Å²) in [6.45, 7) is -0.0986. The number of anilines is 1. The number of likely N-dealkylation sites (N-methyl/N-ethyl adjacent to an activating group) is 1. The van der Waals surface area contributed by atoms with Crippen molar-refractivity contribution in [3.05, 3.63) is 6.33 Å². The van der Waals surface area contributed by atoms with E-state index in [-0.39, 0.29) is 6.54 Å². The monoisotopic (exact) mass is 270 g/mol. The fraction of sp³-hybridized carbons (Fsp3) is 0.333. The molecular weight excluding hydrogens is 260 g/mol. The smallest absolute Gasteiger partial charge is 0.323 e. The van der Waals surface area contributed by atoms with E-state index >= 15 is 0 Å². The number of aromatic nitrogens is 3. The first-order valence-electron chi connectivity index (χ1n) is 4.70. The van der Waals surface area contributed by atoms with Crippen LogP contribution in [0.15, 0.2) is 10.7 Å². The number of hydrogen-bond donors (Lipinski definition) is 1. The Hall–Kier alpha value is -1.41. The molecule has 0 unspecified atom stereocenters. The maximum Gasteiger partial charge on any atom is 0.323 e. The molecule has 2 rings (SSSR count). The number of carboxylic acid groups (broad SMARTS) is 1. The first-order valence-corrected chi connectivity index (χ1v) is 6.74. The fourth-order valence-corrected chi connectivity index (χ4v) is 2.92. The van der Waals surface area contributed by atoms with Crippen molar-refractivity contribution < 1.29 is 9.90 Å². The van der Waals surface area contributed by atoms with Crippen molar-refractivity contribution in [3.63, 3.8) is 0 Å². The highest BCUT2D eigenvalue weighted by Crippen LogP contribution is 2.32. The maximum absolute atomic E-state index is 10.7. The third-order valence-electron chi connectivity index (χ3n) is 2.06. The van der Waals surface area contributed by atoms with Gasteiger partial charge in [0.1, 0.15) is 17.6 Å². The lowest BCUT2D eigenvalue weighted by Crippen LogP contribution is -2.26. The maximum atomic E-state index is 10.7. The van der Waals surface area contributed by atoms with E-state index < -0.39 is 5.97 Å². The summed E-state index contributed by atoms with van der Waals surface area (Å²) >= 11 is 3.01. The van der Waals surface area contributed by atoms with Crippen molar-refractivity contribution in [1.29, 1.82) is 0 Å². The lowest BCUT2D eigenvalue weighted by molar-refractivity contribution is -0.135.